The summed E-state index contributed by atoms with van der Waals surface area (Å²) in [6.45, 7) is 5.57. The van der Waals surface area contributed by atoms with Gasteiger partial charge in [0.1, 0.15) is 0 Å². The molecule has 0 saturated carbocycles. The molecule has 0 spiro atoms. The summed E-state index contributed by atoms with van der Waals surface area (Å²) in [5.41, 5.74) is 4.29. The zero-order chi connectivity index (χ0) is 13.0. The van der Waals surface area contributed by atoms with E-state index in [1.54, 1.807) is 0 Å². The van der Waals surface area contributed by atoms with Crippen LogP contribution in [0.1, 0.15) is 5.56 Å². The molecule has 2 aromatic carbocycles. The van der Waals surface area contributed by atoms with E-state index in [4.69, 9.17) is 4.89 Å². The Labute approximate surface area is 107 Å². The van der Waals surface area contributed by atoms with Gasteiger partial charge < -0.3 is 4.89 Å². The number of hydrogen-bond donors (Lipinski definition) is 0. The predicted molar refractivity (Wildman–Crippen MR) is 73.5 cm³/mol. The van der Waals surface area contributed by atoms with Crippen LogP contribution in [0.2, 0.25) is 0 Å². The highest BCUT2D eigenvalue weighted by atomic mass is 17.2. The van der Waals surface area contributed by atoms with Crippen molar-refractivity contribution in [2.45, 2.75) is 6.92 Å². The van der Waals surface area contributed by atoms with Crippen LogP contribution in [0, 0.1) is 6.92 Å². The Morgan fingerprint density at radius 3 is 2.22 bits per heavy atom. The van der Waals surface area contributed by atoms with Crippen LogP contribution < -0.4 is 4.89 Å². The molecule has 0 aliphatic rings. The van der Waals surface area contributed by atoms with Crippen molar-refractivity contribution in [2.24, 2.45) is 4.99 Å². The average Bonchev–Trinajstić information content (AvgIpc) is 2.40. The summed E-state index contributed by atoms with van der Waals surface area (Å²) in [5, 5.41) is 0. The van der Waals surface area contributed by atoms with E-state index < -0.39 is 0 Å². The fourth-order valence-electron chi connectivity index (χ4n) is 1.81. The molecule has 0 saturated heterocycles. The molecule has 0 aliphatic carbocycles. The van der Waals surface area contributed by atoms with Gasteiger partial charge in [-0.2, -0.15) is 4.89 Å². The molecule has 0 aromatic heterocycles. The first kappa shape index (κ1) is 12.3. The predicted octanol–water partition coefficient (Wildman–Crippen LogP) is 3.93. The largest absolute Gasteiger partial charge is 0.338 e. The van der Waals surface area contributed by atoms with Crippen LogP contribution in [-0.2, 0) is 4.89 Å². The van der Waals surface area contributed by atoms with Crippen LogP contribution in [-0.4, -0.2) is 13.8 Å². The van der Waals surface area contributed by atoms with E-state index in [0.29, 0.717) is 5.75 Å². The SMILES string of the molecule is C=Nc1ccc(-c2ccc(OOC)cc2)cc1C. The van der Waals surface area contributed by atoms with E-state index in [1.165, 1.54) is 7.11 Å². The summed E-state index contributed by atoms with van der Waals surface area (Å²) in [6.07, 6.45) is 0. The molecule has 0 heterocycles. The zero-order valence-corrected chi connectivity index (χ0v) is 10.5. The second kappa shape index (κ2) is 5.47. The van der Waals surface area contributed by atoms with Gasteiger partial charge in [0.15, 0.2) is 5.75 Å². The van der Waals surface area contributed by atoms with Crippen molar-refractivity contribution in [3.05, 3.63) is 48.0 Å². The molecule has 2 rings (SSSR count). The van der Waals surface area contributed by atoms with E-state index in [0.717, 1.165) is 22.4 Å². The van der Waals surface area contributed by atoms with Crippen molar-refractivity contribution >= 4 is 12.4 Å². The molecular formula is C15H15NO2. The van der Waals surface area contributed by atoms with Gasteiger partial charge in [-0.25, -0.2) is 0 Å². The minimum absolute atomic E-state index is 0.683. The zero-order valence-electron chi connectivity index (χ0n) is 10.5. The van der Waals surface area contributed by atoms with Gasteiger partial charge in [0.25, 0.3) is 0 Å². The number of rotatable bonds is 4. The molecular weight excluding hydrogens is 226 g/mol. The minimum atomic E-state index is 0.683. The Hall–Kier alpha value is -2.13. The first-order chi connectivity index (χ1) is 8.74. The standard InChI is InChI=1S/C15H15NO2/c1-11-10-13(6-9-15(11)16-2)12-4-7-14(8-5-12)18-17-3/h4-10H,2H2,1,3H3. The molecule has 0 amide bonds. The van der Waals surface area contributed by atoms with Gasteiger partial charge in [0.2, 0.25) is 0 Å². The highest BCUT2D eigenvalue weighted by molar-refractivity contribution is 5.68. The molecule has 0 unspecified atom stereocenters. The van der Waals surface area contributed by atoms with Crippen LogP contribution in [0.3, 0.4) is 0 Å². The van der Waals surface area contributed by atoms with E-state index in [-0.39, 0.29) is 0 Å². The van der Waals surface area contributed by atoms with Gasteiger partial charge in [0.05, 0.1) is 12.8 Å². The highest BCUT2D eigenvalue weighted by Gasteiger charge is 2.02. The quantitative estimate of drug-likeness (QED) is 0.461. The summed E-state index contributed by atoms with van der Waals surface area (Å²) in [5.74, 6) is 0.683. The molecule has 0 atom stereocenters. The lowest BCUT2D eigenvalue weighted by Gasteiger charge is -2.06. The maximum atomic E-state index is 4.93. The Morgan fingerprint density at radius 1 is 1.00 bits per heavy atom. The van der Waals surface area contributed by atoms with Crippen molar-refractivity contribution in [1.29, 1.82) is 0 Å². The molecule has 3 nitrogen and oxygen atoms in total. The average molecular weight is 241 g/mol. The van der Waals surface area contributed by atoms with Crippen molar-refractivity contribution < 1.29 is 9.78 Å². The third-order valence-electron chi connectivity index (χ3n) is 2.73. The minimum Gasteiger partial charge on any atom is -0.338 e. The number of aliphatic imine (C=N–C) groups is 1. The Balaban J connectivity index is 2.30. The number of hydrogen-bond acceptors (Lipinski definition) is 3. The van der Waals surface area contributed by atoms with Gasteiger partial charge in [-0.15, -0.1) is 0 Å². The molecule has 2 aromatic rings. The van der Waals surface area contributed by atoms with Crippen LogP contribution >= 0.6 is 0 Å². The number of aryl methyl sites for hydroxylation is 1. The first-order valence-corrected chi connectivity index (χ1v) is 5.63. The van der Waals surface area contributed by atoms with Crippen LogP contribution in [0.25, 0.3) is 11.1 Å². The molecule has 18 heavy (non-hydrogen) atoms. The second-order valence-electron chi connectivity index (χ2n) is 3.93. The lowest BCUT2D eigenvalue weighted by molar-refractivity contribution is -0.178. The summed E-state index contributed by atoms with van der Waals surface area (Å²) in [7, 11) is 1.48. The smallest absolute Gasteiger partial charge is 0.165 e. The summed E-state index contributed by atoms with van der Waals surface area (Å²) in [4.78, 5) is 13.5. The van der Waals surface area contributed by atoms with Crippen LogP contribution in [0.5, 0.6) is 5.75 Å². The van der Waals surface area contributed by atoms with Crippen LogP contribution in [0.4, 0.5) is 5.69 Å². The monoisotopic (exact) mass is 241 g/mol. The van der Waals surface area contributed by atoms with Gasteiger partial charge >= 0.3 is 0 Å². The lowest BCUT2D eigenvalue weighted by Crippen LogP contribution is -1.89. The van der Waals surface area contributed by atoms with E-state index in [2.05, 4.69) is 22.7 Å². The summed E-state index contributed by atoms with van der Waals surface area (Å²) < 4.78 is 0. The van der Waals surface area contributed by atoms with Crippen LogP contribution in [0.15, 0.2) is 47.5 Å². The van der Waals surface area contributed by atoms with Crippen molar-refractivity contribution in [1.82, 2.24) is 0 Å². The number of nitrogens with zero attached hydrogens (tertiary/aromatic N) is 1. The van der Waals surface area contributed by atoms with E-state index in [9.17, 15) is 0 Å². The number of benzene rings is 2. The fourth-order valence-corrected chi connectivity index (χ4v) is 1.81. The highest BCUT2D eigenvalue weighted by Crippen LogP contribution is 2.27. The van der Waals surface area contributed by atoms with Gasteiger partial charge in [-0.05, 0) is 54.6 Å². The van der Waals surface area contributed by atoms with Crippen molar-refractivity contribution in [3.8, 4) is 16.9 Å². The Bertz CT molecular complexity index is 547. The third-order valence-corrected chi connectivity index (χ3v) is 2.73. The molecule has 0 radical (unpaired) electrons. The van der Waals surface area contributed by atoms with E-state index >= 15 is 0 Å². The molecule has 3 heteroatoms. The maximum Gasteiger partial charge on any atom is 0.165 e. The Morgan fingerprint density at radius 2 is 1.67 bits per heavy atom. The molecule has 0 fully saturated rings. The topological polar surface area (TPSA) is 30.8 Å². The maximum absolute atomic E-state index is 4.93. The molecule has 92 valence electrons. The van der Waals surface area contributed by atoms with Gasteiger partial charge in [-0.1, -0.05) is 18.2 Å². The fraction of sp³-hybridized carbons (Fsp3) is 0.133. The molecule has 0 N–H and O–H groups in total. The van der Waals surface area contributed by atoms with Crippen molar-refractivity contribution in [3.63, 3.8) is 0 Å². The third kappa shape index (κ3) is 2.57. The first-order valence-electron chi connectivity index (χ1n) is 5.63. The van der Waals surface area contributed by atoms with Crippen molar-refractivity contribution in [2.75, 3.05) is 7.11 Å². The second-order valence-corrected chi connectivity index (χ2v) is 3.93. The lowest BCUT2D eigenvalue weighted by atomic mass is 10.0. The summed E-state index contributed by atoms with van der Waals surface area (Å²) >= 11 is 0. The Kier molecular flexibility index (Phi) is 3.75. The van der Waals surface area contributed by atoms with E-state index in [1.807, 2.05) is 43.3 Å². The van der Waals surface area contributed by atoms with Gasteiger partial charge in [-0.3, -0.25) is 4.99 Å². The van der Waals surface area contributed by atoms with Gasteiger partial charge in [0, 0.05) is 0 Å². The molecule has 0 aliphatic heterocycles. The summed E-state index contributed by atoms with van der Waals surface area (Å²) in [6, 6.07) is 13.8. The normalized spacial score (nSPS) is 10.1. The molecule has 0 bridgehead atoms.